The molecule has 0 spiro atoms. The molecule has 6 aromatic carbocycles. The molecule has 0 bridgehead atoms. The second-order valence-corrected chi connectivity index (χ2v) is 12.9. The zero-order valence-electron chi connectivity index (χ0n) is 26.3. The molecule has 1 heteroatoms. The van der Waals surface area contributed by atoms with Gasteiger partial charge in [0.2, 0.25) is 0 Å². The Labute approximate surface area is 267 Å². The number of hydrogen-bond acceptors (Lipinski definition) is 1. The van der Waals surface area contributed by atoms with Gasteiger partial charge in [-0.1, -0.05) is 111 Å². The average Bonchev–Trinajstić information content (AvgIpc) is 3.07. The zero-order valence-corrected chi connectivity index (χ0v) is 26.3. The van der Waals surface area contributed by atoms with Gasteiger partial charge in [-0.15, -0.1) is 0 Å². The fraction of sp³-hybridized carbons (Fsp3) is 0.182. The maximum absolute atomic E-state index is 2.37. The summed E-state index contributed by atoms with van der Waals surface area (Å²) >= 11 is 0. The summed E-state index contributed by atoms with van der Waals surface area (Å²) in [7, 11) is 0. The fourth-order valence-electron chi connectivity index (χ4n) is 6.85. The average molecular weight is 582 g/mol. The molecule has 6 aromatic rings. The van der Waals surface area contributed by atoms with Gasteiger partial charge in [0, 0.05) is 17.1 Å². The van der Waals surface area contributed by atoms with Gasteiger partial charge in [-0.25, -0.2) is 0 Å². The molecule has 220 valence electrons. The van der Waals surface area contributed by atoms with Crippen LogP contribution >= 0.6 is 0 Å². The summed E-state index contributed by atoms with van der Waals surface area (Å²) in [5, 5.41) is 0. The minimum absolute atomic E-state index is 0.587. The number of rotatable bonds is 8. The standard InChI is InChI=1S/C44H39N/c1-3-30(2)31-4-6-32(7-5-31)33-16-22-42(23-17-33)45(43-24-18-36(19-25-43)40-14-10-34-8-12-38(34)28-40)44-26-20-37(21-27-44)41-15-11-35-9-13-39(35)29-41/h4-7,10-11,14-30H,3,8-9,12-13H2,1-2H3. The van der Waals surface area contributed by atoms with Crippen LogP contribution in [0.15, 0.2) is 133 Å². The maximum Gasteiger partial charge on any atom is 0.0462 e. The first-order valence-corrected chi connectivity index (χ1v) is 16.6. The van der Waals surface area contributed by atoms with Crippen molar-refractivity contribution in [3.8, 4) is 33.4 Å². The second kappa shape index (κ2) is 11.6. The molecular formula is C44H39N. The van der Waals surface area contributed by atoms with Crippen LogP contribution in [0.1, 0.15) is 54.0 Å². The molecule has 1 unspecified atom stereocenters. The highest BCUT2D eigenvalue weighted by Gasteiger charge is 2.17. The Morgan fingerprint density at radius 1 is 0.422 bits per heavy atom. The van der Waals surface area contributed by atoms with Crippen LogP contribution in [0.25, 0.3) is 33.4 Å². The summed E-state index contributed by atoms with van der Waals surface area (Å²) in [5.41, 5.74) is 18.5. The van der Waals surface area contributed by atoms with Crippen molar-refractivity contribution in [3.05, 3.63) is 161 Å². The predicted octanol–water partition coefficient (Wildman–Crippen LogP) is 11.9. The van der Waals surface area contributed by atoms with Crippen molar-refractivity contribution in [1.82, 2.24) is 0 Å². The van der Waals surface area contributed by atoms with Crippen LogP contribution in [-0.2, 0) is 25.7 Å². The molecule has 0 saturated carbocycles. The molecular weight excluding hydrogens is 542 g/mol. The lowest BCUT2D eigenvalue weighted by Crippen LogP contribution is -2.10. The lowest BCUT2D eigenvalue weighted by Gasteiger charge is -2.26. The molecule has 0 amide bonds. The van der Waals surface area contributed by atoms with E-state index >= 15 is 0 Å². The second-order valence-electron chi connectivity index (χ2n) is 12.9. The molecule has 2 aliphatic rings. The molecule has 0 aromatic heterocycles. The van der Waals surface area contributed by atoms with Crippen molar-refractivity contribution >= 4 is 17.1 Å². The van der Waals surface area contributed by atoms with Gasteiger partial charge in [-0.3, -0.25) is 0 Å². The number of anilines is 3. The summed E-state index contributed by atoms with van der Waals surface area (Å²) in [6.45, 7) is 4.55. The highest BCUT2D eigenvalue weighted by Crippen LogP contribution is 2.39. The Balaban J connectivity index is 1.13. The third-order valence-electron chi connectivity index (χ3n) is 10.2. The number of benzene rings is 6. The van der Waals surface area contributed by atoms with Gasteiger partial charge in [0.15, 0.2) is 0 Å². The van der Waals surface area contributed by atoms with Crippen LogP contribution < -0.4 is 4.90 Å². The Morgan fingerprint density at radius 2 is 0.756 bits per heavy atom. The molecule has 0 saturated heterocycles. The van der Waals surface area contributed by atoms with Crippen molar-refractivity contribution in [2.75, 3.05) is 4.90 Å². The van der Waals surface area contributed by atoms with E-state index in [-0.39, 0.29) is 0 Å². The summed E-state index contributed by atoms with van der Waals surface area (Å²) in [5.74, 6) is 0.587. The molecule has 45 heavy (non-hydrogen) atoms. The minimum atomic E-state index is 0.587. The van der Waals surface area contributed by atoms with Gasteiger partial charge >= 0.3 is 0 Å². The normalized spacial score (nSPS) is 13.6. The van der Waals surface area contributed by atoms with Crippen molar-refractivity contribution in [2.24, 2.45) is 0 Å². The minimum Gasteiger partial charge on any atom is -0.311 e. The third kappa shape index (κ3) is 5.27. The third-order valence-corrected chi connectivity index (χ3v) is 10.2. The van der Waals surface area contributed by atoms with Crippen LogP contribution in [0.4, 0.5) is 17.1 Å². The Bertz CT molecular complexity index is 1860. The fourth-order valence-corrected chi connectivity index (χ4v) is 6.85. The molecule has 0 heterocycles. The van der Waals surface area contributed by atoms with Crippen LogP contribution in [0.2, 0.25) is 0 Å². The summed E-state index contributed by atoms with van der Waals surface area (Å²) in [6.07, 6.45) is 6.00. The van der Waals surface area contributed by atoms with Crippen LogP contribution in [-0.4, -0.2) is 0 Å². The molecule has 8 rings (SSSR count). The van der Waals surface area contributed by atoms with Gasteiger partial charge in [-0.05, 0) is 136 Å². The van der Waals surface area contributed by atoms with E-state index in [4.69, 9.17) is 0 Å². The van der Waals surface area contributed by atoms with Crippen molar-refractivity contribution in [2.45, 2.75) is 51.9 Å². The maximum atomic E-state index is 2.37. The Hall–Kier alpha value is -4.88. The van der Waals surface area contributed by atoms with Gasteiger partial charge in [-0.2, -0.15) is 0 Å². The highest BCUT2D eigenvalue weighted by atomic mass is 15.1. The lowest BCUT2D eigenvalue weighted by atomic mass is 9.86. The zero-order chi connectivity index (χ0) is 30.3. The first kappa shape index (κ1) is 27.7. The molecule has 0 aliphatic heterocycles. The van der Waals surface area contributed by atoms with Crippen molar-refractivity contribution < 1.29 is 0 Å². The van der Waals surface area contributed by atoms with E-state index in [2.05, 4.69) is 152 Å². The van der Waals surface area contributed by atoms with Crippen LogP contribution in [0, 0.1) is 0 Å². The van der Waals surface area contributed by atoms with E-state index in [1.165, 1.54) is 86.9 Å². The predicted molar refractivity (Wildman–Crippen MR) is 191 cm³/mol. The van der Waals surface area contributed by atoms with Crippen molar-refractivity contribution in [3.63, 3.8) is 0 Å². The van der Waals surface area contributed by atoms with E-state index in [1.807, 2.05) is 0 Å². The first-order chi connectivity index (χ1) is 22.1. The number of fused-ring (bicyclic) bond motifs is 2. The SMILES string of the molecule is CCC(C)c1ccc(-c2ccc(N(c3ccc(-c4ccc5c(c4)CC5)cc3)c3ccc(-c4ccc5c(c4)CC5)cc3)cc2)cc1. The number of hydrogen-bond donors (Lipinski definition) is 0. The molecule has 1 atom stereocenters. The van der Waals surface area contributed by atoms with E-state index in [0.29, 0.717) is 5.92 Å². The number of aryl methyl sites for hydroxylation is 4. The quantitative estimate of drug-likeness (QED) is 0.173. The summed E-state index contributed by atoms with van der Waals surface area (Å²) < 4.78 is 0. The molecule has 1 nitrogen and oxygen atoms in total. The van der Waals surface area contributed by atoms with Crippen LogP contribution in [0.3, 0.4) is 0 Å². The topological polar surface area (TPSA) is 3.24 Å². The highest BCUT2D eigenvalue weighted by molar-refractivity contribution is 5.81. The Morgan fingerprint density at radius 3 is 1.09 bits per heavy atom. The first-order valence-electron chi connectivity index (χ1n) is 16.6. The molecule has 2 aliphatic carbocycles. The molecule has 0 fully saturated rings. The van der Waals surface area contributed by atoms with Crippen LogP contribution in [0.5, 0.6) is 0 Å². The molecule has 0 radical (unpaired) electrons. The molecule has 0 N–H and O–H groups in total. The van der Waals surface area contributed by atoms with Gasteiger partial charge in [0.05, 0.1) is 0 Å². The van der Waals surface area contributed by atoms with Gasteiger partial charge in [0.1, 0.15) is 0 Å². The largest absolute Gasteiger partial charge is 0.311 e. The van der Waals surface area contributed by atoms with Gasteiger partial charge < -0.3 is 4.90 Å². The summed E-state index contributed by atoms with van der Waals surface area (Å²) in [4.78, 5) is 2.37. The van der Waals surface area contributed by atoms with E-state index in [1.54, 1.807) is 0 Å². The lowest BCUT2D eigenvalue weighted by molar-refractivity contribution is 0.734. The monoisotopic (exact) mass is 581 g/mol. The van der Waals surface area contributed by atoms with E-state index in [9.17, 15) is 0 Å². The number of nitrogens with zero attached hydrogens (tertiary/aromatic N) is 1. The Kier molecular flexibility index (Phi) is 7.10. The van der Waals surface area contributed by atoms with E-state index in [0.717, 1.165) is 23.5 Å². The summed E-state index contributed by atoms with van der Waals surface area (Å²) in [6, 6.07) is 50.1. The smallest absolute Gasteiger partial charge is 0.0462 e. The van der Waals surface area contributed by atoms with Gasteiger partial charge in [0.25, 0.3) is 0 Å². The van der Waals surface area contributed by atoms with E-state index < -0.39 is 0 Å². The van der Waals surface area contributed by atoms with Crippen molar-refractivity contribution in [1.29, 1.82) is 0 Å².